The summed E-state index contributed by atoms with van der Waals surface area (Å²) in [5.74, 6) is -1.19. The number of carbonyl (C=O) groups is 2. The molecule has 0 aromatic heterocycles. The van der Waals surface area contributed by atoms with Gasteiger partial charge in [0.05, 0.1) is 19.3 Å². The maximum atomic E-state index is 11.3. The fraction of sp³-hybridized carbons (Fsp3) is 0.818. The van der Waals surface area contributed by atoms with Gasteiger partial charge in [-0.05, 0) is 12.8 Å². The van der Waals surface area contributed by atoms with Crippen molar-refractivity contribution in [1.29, 1.82) is 0 Å². The molecule has 1 aliphatic rings. The van der Waals surface area contributed by atoms with Crippen molar-refractivity contribution in [2.75, 3.05) is 33.5 Å². The summed E-state index contributed by atoms with van der Waals surface area (Å²) in [7, 11) is 1.56. The van der Waals surface area contributed by atoms with E-state index < -0.39 is 12.1 Å². The zero-order valence-corrected chi connectivity index (χ0v) is 10.4. The quantitative estimate of drug-likeness (QED) is 0.566. The van der Waals surface area contributed by atoms with Gasteiger partial charge in [0.1, 0.15) is 6.61 Å². The standard InChI is InChI=1S/C11H19NO6/c1-16-4-5-17-7-10(13)12-6-8-2-3-9(18-8)11(14)15/h8-9H,2-7H2,1H3,(H,12,13)(H,14,15). The van der Waals surface area contributed by atoms with Gasteiger partial charge in [0, 0.05) is 13.7 Å². The van der Waals surface area contributed by atoms with Crippen LogP contribution in [0.4, 0.5) is 0 Å². The number of rotatable bonds is 8. The van der Waals surface area contributed by atoms with Crippen LogP contribution in [0.1, 0.15) is 12.8 Å². The van der Waals surface area contributed by atoms with E-state index >= 15 is 0 Å². The Hall–Kier alpha value is -1.18. The molecule has 104 valence electrons. The Bertz CT molecular complexity index is 283. The van der Waals surface area contributed by atoms with Gasteiger partial charge in [0.2, 0.25) is 5.91 Å². The lowest BCUT2D eigenvalue weighted by atomic mass is 10.2. The molecular formula is C11H19NO6. The first-order valence-corrected chi connectivity index (χ1v) is 5.85. The van der Waals surface area contributed by atoms with Crippen LogP contribution < -0.4 is 5.32 Å². The maximum absolute atomic E-state index is 11.3. The molecule has 0 spiro atoms. The molecule has 2 N–H and O–H groups in total. The lowest BCUT2D eigenvalue weighted by Gasteiger charge is -2.12. The van der Waals surface area contributed by atoms with E-state index in [1.54, 1.807) is 7.11 Å². The third kappa shape index (κ3) is 5.44. The van der Waals surface area contributed by atoms with Crippen molar-refractivity contribution in [2.24, 2.45) is 0 Å². The smallest absolute Gasteiger partial charge is 0.332 e. The first-order chi connectivity index (χ1) is 8.63. The lowest BCUT2D eigenvalue weighted by Crippen LogP contribution is -2.35. The van der Waals surface area contributed by atoms with E-state index in [1.807, 2.05) is 0 Å². The number of nitrogens with one attached hydrogen (secondary N) is 1. The van der Waals surface area contributed by atoms with Crippen LogP contribution in [0.5, 0.6) is 0 Å². The van der Waals surface area contributed by atoms with Crippen molar-refractivity contribution in [1.82, 2.24) is 5.32 Å². The van der Waals surface area contributed by atoms with Crippen LogP contribution in [0.15, 0.2) is 0 Å². The Labute approximate surface area is 105 Å². The Morgan fingerprint density at radius 3 is 2.78 bits per heavy atom. The zero-order chi connectivity index (χ0) is 13.4. The van der Waals surface area contributed by atoms with E-state index in [-0.39, 0.29) is 18.6 Å². The van der Waals surface area contributed by atoms with Gasteiger partial charge in [-0.1, -0.05) is 0 Å². The van der Waals surface area contributed by atoms with Gasteiger partial charge in [-0.3, -0.25) is 4.79 Å². The minimum atomic E-state index is -0.952. The highest BCUT2D eigenvalue weighted by atomic mass is 16.5. The number of hydrogen-bond donors (Lipinski definition) is 2. The highest BCUT2D eigenvalue weighted by Gasteiger charge is 2.30. The van der Waals surface area contributed by atoms with Crippen LogP contribution in [0.25, 0.3) is 0 Å². The maximum Gasteiger partial charge on any atom is 0.332 e. The Morgan fingerprint density at radius 1 is 1.39 bits per heavy atom. The molecule has 7 heteroatoms. The van der Waals surface area contributed by atoms with Crippen LogP contribution in [0.2, 0.25) is 0 Å². The topological polar surface area (TPSA) is 94.1 Å². The number of carboxylic acids is 1. The second-order valence-electron chi connectivity index (χ2n) is 4.01. The molecule has 1 amide bonds. The number of carbonyl (C=O) groups excluding carboxylic acids is 1. The molecule has 1 fully saturated rings. The summed E-state index contributed by atoms with van der Waals surface area (Å²) < 4.78 is 15.0. The van der Waals surface area contributed by atoms with Gasteiger partial charge < -0.3 is 24.6 Å². The summed E-state index contributed by atoms with van der Waals surface area (Å²) in [5.41, 5.74) is 0. The van der Waals surface area contributed by atoms with Gasteiger partial charge >= 0.3 is 5.97 Å². The number of carboxylic acid groups (broad SMARTS) is 1. The molecule has 7 nitrogen and oxygen atoms in total. The fourth-order valence-corrected chi connectivity index (χ4v) is 1.62. The van der Waals surface area contributed by atoms with Crippen LogP contribution >= 0.6 is 0 Å². The van der Waals surface area contributed by atoms with Crippen LogP contribution in [-0.2, 0) is 23.8 Å². The number of aliphatic carboxylic acids is 1. The summed E-state index contributed by atoms with van der Waals surface area (Å²) >= 11 is 0. The number of amides is 1. The monoisotopic (exact) mass is 261 g/mol. The molecule has 0 aromatic carbocycles. The largest absolute Gasteiger partial charge is 0.479 e. The first-order valence-electron chi connectivity index (χ1n) is 5.85. The predicted molar refractivity (Wildman–Crippen MR) is 61.2 cm³/mol. The Morgan fingerprint density at radius 2 is 2.17 bits per heavy atom. The van der Waals surface area contributed by atoms with Crippen molar-refractivity contribution >= 4 is 11.9 Å². The fourth-order valence-electron chi connectivity index (χ4n) is 1.62. The molecule has 0 aliphatic carbocycles. The molecule has 2 atom stereocenters. The van der Waals surface area contributed by atoms with E-state index in [0.717, 1.165) is 0 Å². The number of methoxy groups -OCH3 is 1. The van der Waals surface area contributed by atoms with Crippen molar-refractivity contribution in [3.8, 4) is 0 Å². The molecule has 18 heavy (non-hydrogen) atoms. The van der Waals surface area contributed by atoms with Crippen molar-refractivity contribution < 1.29 is 28.9 Å². The predicted octanol–water partition coefficient (Wildman–Crippen LogP) is -0.602. The third-order valence-corrected chi connectivity index (χ3v) is 2.57. The summed E-state index contributed by atoms with van der Waals surface area (Å²) in [5, 5.41) is 11.4. The molecule has 0 radical (unpaired) electrons. The van der Waals surface area contributed by atoms with Crippen LogP contribution in [0, 0.1) is 0 Å². The van der Waals surface area contributed by atoms with Gasteiger partial charge in [-0.25, -0.2) is 4.79 Å². The van der Waals surface area contributed by atoms with E-state index in [9.17, 15) is 9.59 Å². The Balaban J connectivity index is 2.07. The van der Waals surface area contributed by atoms with E-state index in [2.05, 4.69) is 5.32 Å². The van der Waals surface area contributed by atoms with Crippen LogP contribution in [0.3, 0.4) is 0 Å². The Kier molecular flexibility index (Phi) is 6.63. The lowest BCUT2D eigenvalue weighted by molar-refractivity contribution is -0.149. The SMILES string of the molecule is COCCOCC(=O)NCC1CCC(C(=O)O)O1. The molecule has 2 unspecified atom stereocenters. The molecule has 1 aliphatic heterocycles. The summed E-state index contributed by atoms with van der Waals surface area (Å²) in [6, 6.07) is 0. The van der Waals surface area contributed by atoms with E-state index in [1.165, 1.54) is 0 Å². The second-order valence-corrected chi connectivity index (χ2v) is 4.01. The molecule has 1 rings (SSSR count). The second kappa shape index (κ2) is 8.02. The van der Waals surface area contributed by atoms with E-state index in [0.29, 0.717) is 32.6 Å². The van der Waals surface area contributed by atoms with Crippen molar-refractivity contribution in [2.45, 2.75) is 25.0 Å². The minimum absolute atomic E-state index is 0.0293. The van der Waals surface area contributed by atoms with Crippen molar-refractivity contribution in [3.63, 3.8) is 0 Å². The highest BCUT2D eigenvalue weighted by Crippen LogP contribution is 2.18. The van der Waals surface area contributed by atoms with E-state index in [4.69, 9.17) is 19.3 Å². The molecule has 0 aromatic rings. The highest BCUT2D eigenvalue weighted by molar-refractivity contribution is 5.77. The van der Waals surface area contributed by atoms with Crippen molar-refractivity contribution in [3.05, 3.63) is 0 Å². The third-order valence-electron chi connectivity index (χ3n) is 2.57. The summed E-state index contributed by atoms with van der Waals surface area (Å²) in [6.45, 7) is 1.10. The molecule has 0 bridgehead atoms. The average molecular weight is 261 g/mol. The first kappa shape index (κ1) is 14.9. The molecule has 0 saturated carbocycles. The zero-order valence-electron chi connectivity index (χ0n) is 10.4. The van der Waals surface area contributed by atoms with Crippen LogP contribution in [-0.4, -0.2) is 62.7 Å². The van der Waals surface area contributed by atoms with Gasteiger partial charge in [0.15, 0.2) is 6.10 Å². The van der Waals surface area contributed by atoms with Gasteiger partial charge in [-0.2, -0.15) is 0 Å². The molecular weight excluding hydrogens is 242 g/mol. The average Bonchev–Trinajstić information content (AvgIpc) is 2.81. The molecule has 1 heterocycles. The van der Waals surface area contributed by atoms with Gasteiger partial charge in [0.25, 0.3) is 0 Å². The number of ether oxygens (including phenoxy) is 3. The molecule has 1 saturated heterocycles. The minimum Gasteiger partial charge on any atom is -0.479 e. The summed E-state index contributed by atoms with van der Waals surface area (Å²) in [4.78, 5) is 22.0. The summed E-state index contributed by atoms with van der Waals surface area (Å²) in [6.07, 6.45) is 0.154. The number of hydrogen-bond acceptors (Lipinski definition) is 5. The normalized spacial score (nSPS) is 22.9. The van der Waals surface area contributed by atoms with Gasteiger partial charge in [-0.15, -0.1) is 0 Å².